The average molecular weight is 262 g/mol. The Bertz CT molecular complexity index is 504. The number of hydrogen-bond acceptors (Lipinski definition) is 5. The maximum Gasteiger partial charge on any atom is 0.340 e. The summed E-state index contributed by atoms with van der Waals surface area (Å²) in [6.07, 6.45) is 0.471. The van der Waals surface area contributed by atoms with Gasteiger partial charge in [0.15, 0.2) is 0 Å². The maximum atomic E-state index is 11.9. The van der Waals surface area contributed by atoms with Gasteiger partial charge in [0, 0.05) is 0 Å². The van der Waals surface area contributed by atoms with Crippen molar-refractivity contribution in [2.24, 2.45) is 5.41 Å². The number of nitrogens with two attached hydrogens (primary N) is 1. The minimum Gasteiger partial charge on any atom is -0.495 e. The quantitative estimate of drug-likeness (QED) is 0.650. The van der Waals surface area contributed by atoms with E-state index >= 15 is 0 Å². The first-order valence-corrected chi connectivity index (χ1v) is 5.92. The Balaban J connectivity index is 2.68. The number of nitriles is 1. The zero-order chi connectivity index (χ0) is 14.5. The number of ether oxygens (including phenoxy) is 2. The maximum absolute atomic E-state index is 11.9. The van der Waals surface area contributed by atoms with E-state index in [9.17, 15) is 4.79 Å². The Kier molecular flexibility index (Phi) is 4.76. The summed E-state index contributed by atoms with van der Waals surface area (Å²) in [7, 11) is 1.48. The number of carbonyl (C=O) groups excluding carboxylic acids is 1. The number of methoxy groups -OCH3 is 1. The molecule has 1 aromatic rings. The van der Waals surface area contributed by atoms with E-state index in [1.165, 1.54) is 7.11 Å². The van der Waals surface area contributed by atoms with Gasteiger partial charge in [-0.2, -0.15) is 5.26 Å². The zero-order valence-electron chi connectivity index (χ0n) is 11.4. The molecule has 0 aliphatic rings. The van der Waals surface area contributed by atoms with Crippen molar-refractivity contribution in [2.75, 3.05) is 19.5 Å². The summed E-state index contributed by atoms with van der Waals surface area (Å²) in [4.78, 5) is 11.9. The van der Waals surface area contributed by atoms with Crippen molar-refractivity contribution < 1.29 is 14.3 Å². The molecule has 0 saturated heterocycles. The van der Waals surface area contributed by atoms with Gasteiger partial charge in [-0.1, -0.05) is 6.07 Å². The van der Waals surface area contributed by atoms with E-state index in [-0.39, 0.29) is 17.9 Å². The highest BCUT2D eigenvalue weighted by Crippen LogP contribution is 2.25. The standard InChI is InChI=1S/C14H18N2O3/c1-14(2,9-15)7-8-19-13(17)10-5-4-6-11(18-3)12(10)16/h4-6H,7-8,16H2,1-3H3. The van der Waals surface area contributed by atoms with Crippen LogP contribution in [0.3, 0.4) is 0 Å². The fourth-order valence-electron chi connectivity index (χ4n) is 1.43. The predicted octanol–water partition coefficient (Wildman–Crippen LogP) is 2.37. The summed E-state index contributed by atoms with van der Waals surface area (Å²) in [6.45, 7) is 3.76. The highest BCUT2D eigenvalue weighted by Gasteiger charge is 2.19. The number of rotatable bonds is 5. The SMILES string of the molecule is COc1cccc(C(=O)OCCC(C)(C)C#N)c1N. The summed E-state index contributed by atoms with van der Waals surface area (Å²) >= 11 is 0. The molecule has 1 aromatic carbocycles. The smallest absolute Gasteiger partial charge is 0.340 e. The second-order valence-corrected chi connectivity index (χ2v) is 4.80. The molecule has 1 rings (SSSR count). The second kappa shape index (κ2) is 6.10. The number of benzene rings is 1. The number of carbonyl (C=O) groups is 1. The summed E-state index contributed by atoms with van der Waals surface area (Å²) in [6, 6.07) is 7.07. The molecule has 19 heavy (non-hydrogen) atoms. The largest absolute Gasteiger partial charge is 0.495 e. The highest BCUT2D eigenvalue weighted by molar-refractivity contribution is 5.96. The number of para-hydroxylation sites is 1. The van der Waals surface area contributed by atoms with Crippen molar-refractivity contribution in [1.29, 1.82) is 5.26 Å². The van der Waals surface area contributed by atoms with Gasteiger partial charge in [-0.25, -0.2) is 4.79 Å². The third kappa shape index (κ3) is 3.88. The zero-order valence-corrected chi connectivity index (χ0v) is 11.4. The highest BCUT2D eigenvalue weighted by atomic mass is 16.5. The molecule has 5 heteroatoms. The predicted molar refractivity (Wildman–Crippen MR) is 71.7 cm³/mol. The number of nitrogens with zero attached hydrogens (tertiary/aromatic N) is 1. The lowest BCUT2D eigenvalue weighted by Crippen LogP contribution is -2.15. The van der Waals surface area contributed by atoms with Gasteiger partial charge < -0.3 is 15.2 Å². The average Bonchev–Trinajstić information content (AvgIpc) is 2.38. The molecule has 0 unspecified atom stereocenters. The van der Waals surface area contributed by atoms with Gasteiger partial charge >= 0.3 is 5.97 Å². The van der Waals surface area contributed by atoms with Crippen LogP contribution in [0.2, 0.25) is 0 Å². The summed E-state index contributed by atoms with van der Waals surface area (Å²) in [5, 5.41) is 8.86. The van der Waals surface area contributed by atoms with E-state index in [1.807, 2.05) is 0 Å². The van der Waals surface area contributed by atoms with Crippen LogP contribution in [0.1, 0.15) is 30.6 Å². The number of anilines is 1. The molecule has 0 spiro atoms. The van der Waals surface area contributed by atoms with Crippen molar-refractivity contribution in [3.8, 4) is 11.8 Å². The molecule has 5 nitrogen and oxygen atoms in total. The fourth-order valence-corrected chi connectivity index (χ4v) is 1.43. The molecule has 102 valence electrons. The molecule has 0 aliphatic carbocycles. The van der Waals surface area contributed by atoms with E-state index in [4.69, 9.17) is 20.5 Å². The fraction of sp³-hybridized carbons (Fsp3) is 0.429. The molecule has 0 fully saturated rings. The van der Waals surface area contributed by atoms with Gasteiger partial charge in [0.2, 0.25) is 0 Å². The molecule has 0 atom stereocenters. The summed E-state index contributed by atoms with van der Waals surface area (Å²) < 4.78 is 10.2. The van der Waals surface area contributed by atoms with Gasteiger partial charge in [-0.15, -0.1) is 0 Å². The molecule has 0 saturated carbocycles. The van der Waals surface area contributed by atoms with E-state index in [0.29, 0.717) is 12.2 Å². The first kappa shape index (κ1) is 14.8. The molecule has 0 bridgehead atoms. The van der Waals surface area contributed by atoms with Crippen molar-refractivity contribution in [1.82, 2.24) is 0 Å². The van der Waals surface area contributed by atoms with E-state index in [0.717, 1.165) is 0 Å². The number of nitrogen functional groups attached to an aromatic ring is 1. The Morgan fingerprint density at radius 1 is 1.47 bits per heavy atom. The van der Waals surface area contributed by atoms with Crippen LogP contribution < -0.4 is 10.5 Å². The Morgan fingerprint density at radius 3 is 2.74 bits per heavy atom. The topological polar surface area (TPSA) is 85.3 Å². The van der Waals surface area contributed by atoms with Crippen molar-refractivity contribution in [3.63, 3.8) is 0 Å². The lowest BCUT2D eigenvalue weighted by atomic mass is 9.92. The first-order chi connectivity index (χ1) is 8.91. The Hall–Kier alpha value is -2.22. The van der Waals surface area contributed by atoms with Gasteiger partial charge in [-0.05, 0) is 32.4 Å². The molecule has 0 amide bonds. The van der Waals surface area contributed by atoms with Crippen LogP contribution in [-0.4, -0.2) is 19.7 Å². The van der Waals surface area contributed by atoms with E-state index in [1.54, 1.807) is 32.0 Å². The van der Waals surface area contributed by atoms with Crippen LogP contribution >= 0.6 is 0 Å². The molecule has 0 aromatic heterocycles. The molecular formula is C14H18N2O3. The van der Waals surface area contributed by atoms with Crippen LogP contribution in [0, 0.1) is 16.7 Å². The normalized spacial score (nSPS) is 10.6. The molecule has 2 N–H and O–H groups in total. The van der Waals surface area contributed by atoms with Gasteiger partial charge in [0.25, 0.3) is 0 Å². The van der Waals surface area contributed by atoms with Crippen molar-refractivity contribution >= 4 is 11.7 Å². The Morgan fingerprint density at radius 2 is 2.16 bits per heavy atom. The Labute approximate surface area is 112 Å². The molecule has 0 heterocycles. The second-order valence-electron chi connectivity index (χ2n) is 4.80. The monoisotopic (exact) mass is 262 g/mol. The molecule has 0 aliphatic heterocycles. The molecular weight excluding hydrogens is 244 g/mol. The van der Waals surface area contributed by atoms with Gasteiger partial charge in [-0.3, -0.25) is 0 Å². The van der Waals surface area contributed by atoms with Crippen LogP contribution in [0.15, 0.2) is 18.2 Å². The first-order valence-electron chi connectivity index (χ1n) is 5.92. The van der Waals surface area contributed by atoms with Crippen LogP contribution in [0.4, 0.5) is 5.69 Å². The third-order valence-electron chi connectivity index (χ3n) is 2.77. The van der Waals surface area contributed by atoms with E-state index < -0.39 is 11.4 Å². The van der Waals surface area contributed by atoms with Crippen LogP contribution in [0.25, 0.3) is 0 Å². The van der Waals surface area contributed by atoms with Crippen LogP contribution in [0.5, 0.6) is 5.75 Å². The minimum absolute atomic E-state index is 0.177. The molecule has 0 radical (unpaired) electrons. The summed E-state index contributed by atoms with van der Waals surface area (Å²) in [5.74, 6) is -0.0723. The lowest BCUT2D eigenvalue weighted by Gasteiger charge is -2.15. The number of hydrogen-bond donors (Lipinski definition) is 1. The van der Waals surface area contributed by atoms with E-state index in [2.05, 4.69) is 6.07 Å². The summed E-state index contributed by atoms with van der Waals surface area (Å²) in [5.41, 5.74) is 5.82. The minimum atomic E-state index is -0.514. The van der Waals surface area contributed by atoms with Crippen LogP contribution in [-0.2, 0) is 4.74 Å². The number of esters is 1. The third-order valence-corrected chi connectivity index (χ3v) is 2.77. The lowest BCUT2D eigenvalue weighted by molar-refractivity contribution is 0.0476. The van der Waals surface area contributed by atoms with Gasteiger partial charge in [0.1, 0.15) is 5.75 Å². The van der Waals surface area contributed by atoms with Crippen molar-refractivity contribution in [3.05, 3.63) is 23.8 Å². The van der Waals surface area contributed by atoms with Gasteiger partial charge in [0.05, 0.1) is 36.5 Å². The van der Waals surface area contributed by atoms with Crippen molar-refractivity contribution in [2.45, 2.75) is 20.3 Å².